The van der Waals surface area contributed by atoms with Crippen LogP contribution in [0, 0.1) is 19.3 Å². The minimum absolute atomic E-state index is 0.407. The van der Waals surface area contributed by atoms with E-state index >= 15 is 0 Å². The molecule has 0 radical (unpaired) electrons. The normalized spacial score (nSPS) is 26.8. The summed E-state index contributed by atoms with van der Waals surface area (Å²) in [5, 5.41) is 3.77. The van der Waals surface area contributed by atoms with Crippen LogP contribution in [-0.2, 0) is 0 Å². The van der Waals surface area contributed by atoms with E-state index < -0.39 is 0 Å². The van der Waals surface area contributed by atoms with E-state index in [9.17, 15) is 0 Å². The Bertz CT molecular complexity index is 470. The van der Waals surface area contributed by atoms with Crippen molar-refractivity contribution in [2.24, 2.45) is 5.41 Å². The zero-order valence-electron chi connectivity index (χ0n) is 13.7. The molecule has 2 aliphatic rings. The highest BCUT2D eigenvalue weighted by atomic mass is 16.5. The molecule has 0 amide bonds. The fourth-order valence-corrected chi connectivity index (χ4v) is 4.35. The van der Waals surface area contributed by atoms with Gasteiger partial charge in [-0.1, -0.05) is 38.0 Å². The van der Waals surface area contributed by atoms with Crippen molar-refractivity contribution in [3.63, 3.8) is 0 Å². The molecule has 2 atom stereocenters. The second kappa shape index (κ2) is 6.00. The average molecular weight is 287 g/mol. The second-order valence-corrected chi connectivity index (χ2v) is 7.01. The summed E-state index contributed by atoms with van der Waals surface area (Å²) in [5.41, 5.74) is 2.95. The van der Waals surface area contributed by atoms with E-state index in [0.717, 1.165) is 12.3 Å². The maximum Gasteiger partial charge on any atom is 0.125 e. The van der Waals surface area contributed by atoms with Crippen molar-refractivity contribution >= 4 is 0 Å². The largest absolute Gasteiger partial charge is 0.489 e. The molecular formula is C19H29NO. The summed E-state index contributed by atoms with van der Waals surface area (Å²) < 4.78 is 6.52. The van der Waals surface area contributed by atoms with Crippen LogP contribution in [0.15, 0.2) is 18.2 Å². The fraction of sp³-hybridized carbons (Fsp3) is 0.684. The van der Waals surface area contributed by atoms with Gasteiger partial charge in [-0.15, -0.1) is 0 Å². The third kappa shape index (κ3) is 2.59. The molecule has 2 aliphatic carbocycles. The van der Waals surface area contributed by atoms with Crippen LogP contribution in [0.25, 0.3) is 0 Å². The molecule has 0 saturated heterocycles. The van der Waals surface area contributed by atoms with Crippen LogP contribution < -0.4 is 10.1 Å². The van der Waals surface area contributed by atoms with E-state index in [1.165, 1.54) is 49.7 Å². The molecule has 0 aromatic heterocycles. The number of benzene rings is 1. The van der Waals surface area contributed by atoms with Crippen LogP contribution in [0.4, 0.5) is 0 Å². The number of rotatable bonds is 5. The third-order valence-electron chi connectivity index (χ3n) is 5.63. The van der Waals surface area contributed by atoms with Crippen LogP contribution in [0.2, 0.25) is 0 Å². The van der Waals surface area contributed by atoms with Gasteiger partial charge in [-0.2, -0.15) is 0 Å². The van der Waals surface area contributed by atoms with Gasteiger partial charge in [0.05, 0.1) is 0 Å². The summed E-state index contributed by atoms with van der Waals surface area (Å²) in [4.78, 5) is 0. The minimum atomic E-state index is 0.407. The van der Waals surface area contributed by atoms with Crippen molar-refractivity contribution in [1.29, 1.82) is 0 Å². The molecule has 116 valence electrons. The van der Waals surface area contributed by atoms with Crippen molar-refractivity contribution in [1.82, 2.24) is 5.32 Å². The Labute approximate surface area is 129 Å². The summed E-state index contributed by atoms with van der Waals surface area (Å²) in [6, 6.07) is 7.12. The zero-order valence-corrected chi connectivity index (χ0v) is 13.7. The SMILES string of the molecule is CCCNC1CC(Oc2c(C)cccc2C)C12CCCC2. The molecule has 1 N–H and O–H groups in total. The van der Waals surface area contributed by atoms with Gasteiger partial charge in [-0.05, 0) is 50.8 Å². The topological polar surface area (TPSA) is 21.3 Å². The van der Waals surface area contributed by atoms with Gasteiger partial charge in [0.1, 0.15) is 11.9 Å². The standard InChI is InChI=1S/C19H29NO/c1-4-12-20-16-13-17(19(16)10-5-6-11-19)21-18-14(2)8-7-9-15(18)3/h7-9,16-17,20H,4-6,10-13H2,1-3H3. The van der Waals surface area contributed by atoms with E-state index in [-0.39, 0.29) is 0 Å². The van der Waals surface area contributed by atoms with Crippen LogP contribution in [0.3, 0.4) is 0 Å². The van der Waals surface area contributed by atoms with E-state index in [2.05, 4.69) is 44.3 Å². The van der Waals surface area contributed by atoms with E-state index in [4.69, 9.17) is 4.74 Å². The molecule has 2 heteroatoms. The Balaban J connectivity index is 1.74. The number of nitrogens with one attached hydrogen (secondary N) is 1. The predicted molar refractivity (Wildman–Crippen MR) is 87.9 cm³/mol. The first-order chi connectivity index (χ1) is 10.2. The number of aryl methyl sites for hydroxylation is 2. The Morgan fingerprint density at radius 3 is 2.48 bits per heavy atom. The fourth-order valence-electron chi connectivity index (χ4n) is 4.35. The predicted octanol–water partition coefficient (Wildman–Crippen LogP) is 4.38. The molecule has 1 aromatic rings. The lowest BCUT2D eigenvalue weighted by Crippen LogP contribution is -2.64. The van der Waals surface area contributed by atoms with Crippen molar-refractivity contribution in [3.05, 3.63) is 29.3 Å². The lowest BCUT2D eigenvalue weighted by molar-refractivity contribution is -0.0765. The van der Waals surface area contributed by atoms with Gasteiger partial charge >= 0.3 is 0 Å². The maximum atomic E-state index is 6.52. The highest BCUT2D eigenvalue weighted by Crippen LogP contribution is 2.55. The summed E-state index contributed by atoms with van der Waals surface area (Å²) in [6.45, 7) is 7.71. The number of hydrogen-bond donors (Lipinski definition) is 1. The van der Waals surface area contributed by atoms with Crippen molar-refractivity contribution in [2.75, 3.05) is 6.54 Å². The Morgan fingerprint density at radius 2 is 1.86 bits per heavy atom. The maximum absolute atomic E-state index is 6.52. The summed E-state index contributed by atoms with van der Waals surface area (Å²) in [6.07, 6.45) is 8.22. The van der Waals surface area contributed by atoms with E-state index in [1.54, 1.807) is 0 Å². The molecule has 2 saturated carbocycles. The lowest BCUT2D eigenvalue weighted by Gasteiger charge is -2.54. The summed E-state index contributed by atoms with van der Waals surface area (Å²) in [7, 11) is 0. The molecule has 0 bridgehead atoms. The highest BCUT2D eigenvalue weighted by molar-refractivity contribution is 5.40. The molecule has 1 aromatic carbocycles. The highest BCUT2D eigenvalue weighted by Gasteiger charge is 2.57. The Morgan fingerprint density at radius 1 is 1.19 bits per heavy atom. The second-order valence-electron chi connectivity index (χ2n) is 7.01. The van der Waals surface area contributed by atoms with E-state index in [1.807, 2.05) is 0 Å². The van der Waals surface area contributed by atoms with Gasteiger partial charge in [-0.3, -0.25) is 0 Å². The number of ether oxygens (including phenoxy) is 1. The molecular weight excluding hydrogens is 258 g/mol. The molecule has 1 spiro atoms. The number of hydrogen-bond acceptors (Lipinski definition) is 2. The van der Waals surface area contributed by atoms with Crippen molar-refractivity contribution in [3.8, 4) is 5.75 Å². The first-order valence-corrected chi connectivity index (χ1v) is 8.63. The molecule has 21 heavy (non-hydrogen) atoms. The summed E-state index contributed by atoms with van der Waals surface area (Å²) in [5.74, 6) is 1.13. The van der Waals surface area contributed by atoms with Gasteiger partial charge in [0.25, 0.3) is 0 Å². The molecule has 3 rings (SSSR count). The van der Waals surface area contributed by atoms with Gasteiger partial charge in [0.15, 0.2) is 0 Å². The van der Waals surface area contributed by atoms with Crippen molar-refractivity contribution in [2.45, 2.75) is 71.4 Å². The van der Waals surface area contributed by atoms with Crippen molar-refractivity contribution < 1.29 is 4.74 Å². The van der Waals surface area contributed by atoms with Crippen LogP contribution in [-0.4, -0.2) is 18.7 Å². The average Bonchev–Trinajstić information content (AvgIpc) is 2.97. The van der Waals surface area contributed by atoms with Gasteiger partial charge < -0.3 is 10.1 Å². The van der Waals surface area contributed by atoms with Gasteiger partial charge in [0, 0.05) is 17.9 Å². The first kappa shape index (κ1) is 14.9. The van der Waals surface area contributed by atoms with Crippen LogP contribution >= 0.6 is 0 Å². The minimum Gasteiger partial charge on any atom is -0.489 e. The lowest BCUT2D eigenvalue weighted by atomic mass is 9.60. The Kier molecular flexibility index (Phi) is 4.26. The molecule has 2 nitrogen and oxygen atoms in total. The quantitative estimate of drug-likeness (QED) is 0.867. The molecule has 2 fully saturated rings. The Hall–Kier alpha value is -1.02. The first-order valence-electron chi connectivity index (χ1n) is 8.63. The van der Waals surface area contributed by atoms with Gasteiger partial charge in [-0.25, -0.2) is 0 Å². The summed E-state index contributed by atoms with van der Waals surface area (Å²) >= 11 is 0. The van der Waals surface area contributed by atoms with Crippen LogP contribution in [0.5, 0.6) is 5.75 Å². The monoisotopic (exact) mass is 287 g/mol. The molecule has 0 aliphatic heterocycles. The molecule has 2 unspecified atom stereocenters. The van der Waals surface area contributed by atoms with Crippen LogP contribution in [0.1, 0.15) is 56.6 Å². The third-order valence-corrected chi connectivity index (χ3v) is 5.63. The molecule has 0 heterocycles. The van der Waals surface area contributed by atoms with Gasteiger partial charge in [0.2, 0.25) is 0 Å². The number of para-hydroxylation sites is 1. The van der Waals surface area contributed by atoms with E-state index in [0.29, 0.717) is 17.6 Å². The zero-order chi connectivity index (χ0) is 14.9. The smallest absolute Gasteiger partial charge is 0.125 e.